The molecule has 0 amide bonds. The third kappa shape index (κ3) is 1.47. The number of amidine groups is 1. The van der Waals surface area contributed by atoms with Crippen LogP contribution in [0.5, 0.6) is 0 Å². The molecule has 5 heteroatoms. The van der Waals surface area contributed by atoms with Crippen molar-refractivity contribution >= 4 is 11.5 Å². The maximum absolute atomic E-state index is 12.4. The number of nitrogens with zero attached hydrogens (tertiary/aromatic N) is 2. The number of hydrogen-bond acceptors (Lipinski definition) is 3. The van der Waals surface area contributed by atoms with Crippen molar-refractivity contribution < 1.29 is 9.95 Å². The molecule has 5 nitrogen and oxygen atoms in total. The van der Waals surface area contributed by atoms with Crippen molar-refractivity contribution in [3.63, 3.8) is 0 Å². The van der Waals surface area contributed by atoms with Gasteiger partial charge in [0.1, 0.15) is 5.54 Å². The second-order valence-corrected chi connectivity index (χ2v) is 5.66. The molecule has 0 aliphatic carbocycles. The van der Waals surface area contributed by atoms with Crippen LogP contribution in [0.15, 0.2) is 24.3 Å². The van der Waals surface area contributed by atoms with Gasteiger partial charge in [0.2, 0.25) is 0 Å². The molecule has 0 saturated heterocycles. The molecule has 0 fully saturated rings. The van der Waals surface area contributed by atoms with Crippen LogP contribution in [0.3, 0.4) is 0 Å². The summed E-state index contributed by atoms with van der Waals surface area (Å²) in [5.41, 5.74) is 5.19. The van der Waals surface area contributed by atoms with Crippen molar-refractivity contribution in [2.75, 3.05) is 5.73 Å². The van der Waals surface area contributed by atoms with Gasteiger partial charge in [-0.05, 0) is 45.9 Å². The van der Waals surface area contributed by atoms with Crippen molar-refractivity contribution in [3.8, 4) is 0 Å². The summed E-state index contributed by atoms with van der Waals surface area (Å²) in [6.45, 7) is 7.07. The Morgan fingerprint density at radius 1 is 1.28 bits per heavy atom. The van der Waals surface area contributed by atoms with Gasteiger partial charge in [0, 0.05) is 10.9 Å². The van der Waals surface area contributed by atoms with Crippen LogP contribution in [0.2, 0.25) is 0 Å². The third-order valence-electron chi connectivity index (χ3n) is 4.04. The third-order valence-corrected chi connectivity index (χ3v) is 4.04. The number of rotatable bonds is 1. The summed E-state index contributed by atoms with van der Waals surface area (Å²) in [4.78, 5) is 0. The molecule has 1 aliphatic heterocycles. The number of hydrogen-bond donors (Lipinski definition) is 1. The fraction of sp³-hybridized carbons (Fsp3) is 0.462. The van der Waals surface area contributed by atoms with Gasteiger partial charge in [-0.2, -0.15) is 0 Å². The lowest BCUT2D eigenvalue weighted by Crippen LogP contribution is -2.53. The Balaban J connectivity index is 2.61. The molecule has 97 valence electrons. The monoisotopic (exact) mass is 248 g/mol. The Morgan fingerprint density at radius 2 is 1.89 bits per heavy atom. The van der Waals surface area contributed by atoms with Crippen molar-refractivity contribution in [3.05, 3.63) is 35.0 Å². The summed E-state index contributed by atoms with van der Waals surface area (Å²) in [5.74, 6) is 0.123. The second-order valence-electron chi connectivity index (χ2n) is 5.66. The van der Waals surface area contributed by atoms with Crippen LogP contribution in [0.1, 0.15) is 33.3 Å². The van der Waals surface area contributed by atoms with Gasteiger partial charge < -0.3 is 10.9 Å². The summed E-state index contributed by atoms with van der Waals surface area (Å²) in [6, 6.07) is 6.82. The standard InChI is InChI=1S/C13H18N3O2/c1-12(2)13(3,4)16(18)11(15(12)17)9-6-5-7-10(14)8-9/h5-8H,14H2,1-4H3. The van der Waals surface area contributed by atoms with Crippen LogP contribution in [-0.4, -0.2) is 26.7 Å². The minimum absolute atomic E-state index is 0.123. The van der Waals surface area contributed by atoms with E-state index in [0.717, 1.165) is 9.80 Å². The molecular weight excluding hydrogens is 230 g/mol. The van der Waals surface area contributed by atoms with Gasteiger partial charge in [-0.1, -0.05) is 11.1 Å². The average molecular weight is 248 g/mol. The molecule has 0 bridgehead atoms. The molecule has 0 unspecified atom stereocenters. The molecule has 1 aliphatic rings. The Morgan fingerprint density at radius 3 is 2.33 bits per heavy atom. The zero-order chi connectivity index (χ0) is 13.7. The molecule has 0 saturated carbocycles. The van der Waals surface area contributed by atoms with Crippen molar-refractivity contribution in [1.82, 2.24) is 5.06 Å². The number of hydroxylamine groups is 3. The maximum atomic E-state index is 12.4. The molecule has 2 rings (SSSR count). The fourth-order valence-electron chi connectivity index (χ4n) is 2.02. The van der Waals surface area contributed by atoms with Gasteiger partial charge in [-0.25, -0.2) is 0 Å². The number of nitrogens with two attached hydrogens (primary N) is 1. The Hall–Kier alpha value is -1.75. The maximum Gasteiger partial charge on any atom is 0.316 e. The molecule has 1 radical (unpaired) electrons. The van der Waals surface area contributed by atoms with Crippen LogP contribution >= 0.6 is 0 Å². The highest BCUT2D eigenvalue weighted by Crippen LogP contribution is 2.37. The predicted molar refractivity (Wildman–Crippen MR) is 69.3 cm³/mol. The highest BCUT2D eigenvalue weighted by Gasteiger charge is 2.59. The molecule has 18 heavy (non-hydrogen) atoms. The predicted octanol–water partition coefficient (Wildman–Crippen LogP) is 1.74. The summed E-state index contributed by atoms with van der Waals surface area (Å²) in [6.07, 6.45) is 0. The SMILES string of the molecule is CC1(C)N([O])C(c2cccc(N)c2)=[N+]([O-])C1(C)C. The van der Waals surface area contributed by atoms with E-state index in [1.807, 2.05) is 0 Å². The smallest absolute Gasteiger partial charge is 0.316 e. The van der Waals surface area contributed by atoms with Crippen LogP contribution in [-0.2, 0) is 5.21 Å². The first-order valence-electron chi connectivity index (χ1n) is 5.87. The number of anilines is 1. The van der Waals surface area contributed by atoms with Crippen LogP contribution < -0.4 is 5.73 Å². The van der Waals surface area contributed by atoms with Crippen LogP contribution in [0, 0.1) is 5.21 Å². The number of benzene rings is 1. The van der Waals surface area contributed by atoms with Gasteiger partial charge in [-0.3, -0.25) is 4.74 Å². The summed E-state index contributed by atoms with van der Waals surface area (Å²) >= 11 is 0. The van der Waals surface area contributed by atoms with Crippen molar-refractivity contribution in [2.24, 2.45) is 0 Å². The Bertz CT molecular complexity index is 521. The summed E-state index contributed by atoms with van der Waals surface area (Å²) in [5, 5.41) is 25.5. The Labute approximate surface area is 107 Å². The van der Waals surface area contributed by atoms with E-state index in [1.54, 1.807) is 52.0 Å². The largest absolute Gasteiger partial charge is 0.714 e. The average Bonchev–Trinajstić information content (AvgIpc) is 2.38. The van der Waals surface area contributed by atoms with Crippen LogP contribution in [0.25, 0.3) is 0 Å². The topological polar surface area (TPSA) is 75.2 Å². The fourth-order valence-corrected chi connectivity index (χ4v) is 2.02. The zero-order valence-electron chi connectivity index (χ0n) is 11.1. The van der Waals surface area contributed by atoms with E-state index < -0.39 is 11.1 Å². The van der Waals surface area contributed by atoms with Crippen molar-refractivity contribution in [1.29, 1.82) is 0 Å². The quantitative estimate of drug-likeness (QED) is 0.467. The minimum atomic E-state index is -0.797. The van der Waals surface area contributed by atoms with Gasteiger partial charge in [0.05, 0.1) is 5.56 Å². The van der Waals surface area contributed by atoms with E-state index in [0.29, 0.717) is 11.3 Å². The second kappa shape index (κ2) is 3.62. The highest BCUT2D eigenvalue weighted by molar-refractivity contribution is 5.96. The van der Waals surface area contributed by atoms with E-state index in [2.05, 4.69) is 0 Å². The Kier molecular flexibility index (Phi) is 2.55. The lowest BCUT2D eigenvalue weighted by atomic mass is 9.84. The lowest BCUT2D eigenvalue weighted by molar-refractivity contribution is -0.539. The first-order valence-corrected chi connectivity index (χ1v) is 5.87. The van der Waals surface area contributed by atoms with Gasteiger partial charge in [-0.15, -0.1) is 0 Å². The lowest BCUT2D eigenvalue weighted by Gasteiger charge is -2.32. The van der Waals surface area contributed by atoms with Gasteiger partial charge in [0.25, 0.3) is 0 Å². The minimum Gasteiger partial charge on any atom is -0.714 e. The molecule has 0 atom stereocenters. The van der Waals surface area contributed by atoms with Gasteiger partial charge >= 0.3 is 5.84 Å². The molecule has 0 aromatic heterocycles. The van der Waals surface area contributed by atoms with Gasteiger partial charge in [0.15, 0.2) is 5.54 Å². The zero-order valence-corrected chi connectivity index (χ0v) is 11.1. The summed E-state index contributed by atoms with van der Waals surface area (Å²) in [7, 11) is 0. The first kappa shape index (κ1) is 12.7. The molecule has 1 aromatic rings. The van der Waals surface area contributed by atoms with E-state index >= 15 is 0 Å². The molecular formula is C13H18N3O2. The van der Waals surface area contributed by atoms with Crippen molar-refractivity contribution in [2.45, 2.75) is 38.8 Å². The van der Waals surface area contributed by atoms with E-state index in [4.69, 9.17) is 5.73 Å². The highest BCUT2D eigenvalue weighted by atomic mass is 16.5. The molecule has 1 aromatic carbocycles. The molecule has 1 heterocycles. The molecule has 0 spiro atoms. The molecule has 2 N–H and O–H groups in total. The van der Waals surface area contributed by atoms with E-state index in [1.165, 1.54) is 0 Å². The van der Waals surface area contributed by atoms with Crippen LogP contribution in [0.4, 0.5) is 5.69 Å². The normalized spacial score (nSPS) is 21.5. The first-order chi connectivity index (χ1) is 8.19. The van der Waals surface area contributed by atoms with E-state index in [-0.39, 0.29) is 5.84 Å². The van der Waals surface area contributed by atoms with E-state index in [9.17, 15) is 10.4 Å². The summed E-state index contributed by atoms with van der Waals surface area (Å²) < 4.78 is 0.786. The number of nitrogen functional groups attached to an aromatic ring is 1.